The number of ketones is 1. The van der Waals surface area contributed by atoms with Gasteiger partial charge in [-0.1, -0.05) is 23.9 Å². The predicted molar refractivity (Wildman–Crippen MR) is 118 cm³/mol. The summed E-state index contributed by atoms with van der Waals surface area (Å²) in [4.78, 5) is 26.5. The average molecular weight is 438 g/mol. The molecule has 0 saturated heterocycles. The minimum Gasteiger partial charge on any atom is -0.497 e. The van der Waals surface area contributed by atoms with Crippen molar-refractivity contribution in [2.45, 2.75) is 37.2 Å². The number of carbonyl (C=O) groups is 2. The first-order chi connectivity index (χ1) is 15.0. The number of fused-ring (bicyclic) bond motifs is 1. The zero-order chi connectivity index (χ0) is 22.0. The third kappa shape index (κ3) is 4.46. The zero-order valence-corrected chi connectivity index (χ0v) is 18.4. The van der Waals surface area contributed by atoms with E-state index >= 15 is 0 Å². The van der Waals surface area contributed by atoms with Crippen molar-refractivity contribution in [2.75, 3.05) is 18.6 Å². The molecule has 0 fully saturated rings. The Morgan fingerprint density at radius 1 is 1.19 bits per heavy atom. The van der Waals surface area contributed by atoms with E-state index in [2.05, 4.69) is 15.5 Å². The number of methoxy groups -OCH3 is 1. The topological polar surface area (TPSA) is 90.2 Å². The smallest absolute Gasteiger partial charge is 0.223 e. The molecule has 0 aliphatic carbocycles. The van der Waals surface area contributed by atoms with Crippen LogP contribution < -0.4 is 9.64 Å². The Balaban J connectivity index is 1.45. The van der Waals surface area contributed by atoms with Gasteiger partial charge in [-0.2, -0.15) is 0 Å². The zero-order valence-electron chi connectivity index (χ0n) is 17.6. The molecule has 9 heteroatoms. The number of tetrazole rings is 1. The molecular weight excluding hydrogens is 414 g/mol. The molecule has 1 aromatic heterocycles. The van der Waals surface area contributed by atoms with E-state index in [-0.39, 0.29) is 16.9 Å². The highest BCUT2D eigenvalue weighted by molar-refractivity contribution is 8.00. The van der Waals surface area contributed by atoms with Gasteiger partial charge in [0.25, 0.3) is 0 Å². The third-order valence-electron chi connectivity index (χ3n) is 5.28. The predicted octanol–water partition coefficient (Wildman–Crippen LogP) is 3.00. The molecule has 0 radical (unpaired) electrons. The number of ether oxygens (including phenoxy) is 1. The summed E-state index contributed by atoms with van der Waals surface area (Å²) in [7, 11) is 1.63. The highest BCUT2D eigenvalue weighted by atomic mass is 32.2. The summed E-state index contributed by atoms with van der Waals surface area (Å²) in [5.41, 5.74) is 3.59. The molecule has 0 bridgehead atoms. The lowest BCUT2D eigenvalue weighted by atomic mass is 10.0. The van der Waals surface area contributed by atoms with Gasteiger partial charge in [0.05, 0.1) is 18.9 Å². The van der Waals surface area contributed by atoms with Crippen LogP contribution in [-0.2, 0) is 17.8 Å². The lowest BCUT2D eigenvalue weighted by Crippen LogP contribution is -2.25. The van der Waals surface area contributed by atoms with E-state index < -0.39 is 0 Å². The van der Waals surface area contributed by atoms with E-state index in [1.54, 1.807) is 29.7 Å². The lowest BCUT2D eigenvalue weighted by Gasteiger charge is -2.15. The van der Waals surface area contributed by atoms with Crippen molar-refractivity contribution in [2.24, 2.45) is 0 Å². The number of rotatable bonds is 7. The molecule has 160 valence electrons. The maximum Gasteiger partial charge on any atom is 0.223 e. The molecule has 1 atom stereocenters. The van der Waals surface area contributed by atoms with Crippen molar-refractivity contribution in [3.8, 4) is 5.75 Å². The molecule has 3 aromatic rings. The monoisotopic (exact) mass is 437 g/mol. The molecule has 31 heavy (non-hydrogen) atoms. The van der Waals surface area contributed by atoms with Crippen molar-refractivity contribution < 1.29 is 14.3 Å². The Morgan fingerprint density at radius 2 is 1.97 bits per heavy atom. The molecule has 0 N–H and O–H groups in total. The fourth-order valence-electron chi connectivity index (χ4n) is 3.61. The molecule has 1 unspecified atom stereocenters. The molecule has 0 saturated carbocycles. The summed E-state index contributed by atoms with van der Waals surface area (Å²) in [6.45, 7) is 4.57. The van der Waals surface area contributed by atoms with Gasteiger partial charge >= 0.3 is 0 Å². The second-order valence-corrected chi connectivity index (χ2v) is 8.66. The number of hydrogen-bond donors (Lipinski definition) is 0. The normalized spacial score (nSPS) is 13.7. The van der Waals surface area contributed by atoms with E-state index in [9.17, 15) is 9.59 Å². The molecule has 1 aliphatic heterocycles. The van der Waals surface area contributed by atoms with Crippen molar-refractivity contribution in [1.82, 2.24) is 20.2 Å². The van der Waals surface area contributed by atoms with Crippen molar-refractivity contribution in [3.63, 3.8) is 0 Å². The molecule has 1 amide bonds. The number of hydrogen-bond acceptors (Lipinski definition) is 7. The Bertz CT molecular complexity index is 1110. The standard InChI is InChI=1S/C22H23N5O3S/c1-14(21(29)18-6-9-20-17(12-18)10-11-26(20)15(2)28)31-22-23-24-25-27(22)13-16-4-7-19(30-3)8-5-16/h4-9,12,14H,10-11,13H2,1-3H3. The minimum absolute atomic E-state index is 0.00747. The summed E-state index contributed by atoms with van der Waals surface area (Å²) in [5.74, 6) is 0.813. The Hall–Kier alpha value is -3.20. The van der Waals surface area contributed by atoms with Gasteiger partial charge in [-0.15, -0.1) is 5.10 Å². The highest BCUT2D eigenvalue weighted by Gasteiger charge is 2.25. The van der Waals surface area contributed by atoms with Gasteiger partial charge in [0.15, 0.2) is 5.78 Å². The highest BCUT2D eigenvalue weighted by Crippen LogP contribution is 2.31. The van der Waals surface area contributed by atoms with Crippen LogP contribution in [0, 0.1) is 0 Å². The number of nitrogens with zero attached hydrogens (tertiary/aromatic N) is 5. The maximum absolute atomic E-state index is 13.0. The van der Waals surface area contributed by atoms with Gasteiger partial charge in [-0.25, -0.2) is 4.68 Å². The van der Waals surface area contributed by atoms with Crippen LogP contribution in [0.25, 0.3) is 0 Å². The Labute approximate surface area is 184 Å². The second kappa shape index (κ2) is 8.89. The van der Waals surface area contributed by atoms with E-state index in [4.69, 9.17) is 4.74 Å². The van der Waals surface area contributed by atoms with E-state index in [1.807, 2.05) is 43.3 Å². The first-order valence-corrected chi connectivity index (χ1v) is 10.8. The molecule has 8 nitrogen and oxygen atoms in total. The van der Waals surface area contributed by atoms with Gasteiger partial charge in [-0.3, -0.25) is 9.59 Å². The van der Waals surface area contributed by atoms with Gasteiger partial charge in [0.2, 0.25) is 11.1 Å². The van der Waals surface area contributed by atoms with Crippen LogP contribution >= 0.6 is 11.8 Å². The molecule has 4 rings (SSSR count). The number of benzene rings is 2. The molecule has 1 aliphatic rings. The van der Waals surface area contributed by atoms with Gasteiger partial charge in [-0.05, 0) is 65.2 Å². The maximum atomic E-state index is 13.0. The van der Waals surface area contributed by atoms with Crippen LogP contribution in [0.4, 0.5) is 5.69 Å². The fraction of sp³-hybridized carbons (Fsp3) is 0.318. The first kappa shape index (κ1) is 21.0. The quantitative estimate of drug-likeness (QED) is 0.415. The molecule has 2 heterocycles. The number of Topliss-reactive ketones (excluding diaryl/α,β-unsaturated/α-hetero) is 1. The molecule has 2 aromatic carbocycles. The number of aromatic nitrogens is 4. The fourth-order valence-corrected chi connectivity index (χ4v) is 4.48. The van der Waals surface area contributed by atoms with Crippen molar-refractivity contribution in [3.05, 3.63) is 59.2 Å². The summed E-state index contributed by atoms with van der Waals surface area (Å²) >= 11 is 1.33. The largest absolute Gasteiger partial charge is 0.497 e. The van der Waals surface area contributed by atoms with Crippen LogP contribution in [0.5, 0.6) is 5.75 Å². The lowest BCUT2D eigenvalue weighted by molar-refractivity contribution is -0.116. The number of amides is 1. The van der Waals surface area contributed by atoms with Crippen LogP contribution in [-0.4, -0.2) is 50.8 Å². The van der Waals surface area contributed by atoms with E-state index in [0.717, 1.165) is 29.0 Å². The summed E-state index contributed by atoms with van der Waals surface area (Å²) in [6.07, 6.45) is 0.762. The van der Waals surface area contributed by atoms with Gasteiger partial charge < -0.3 is 9.64 Å². The second-order valence-electron chi connectivity index (χ2n) is 7.36. The number of carbonyl (C=O) groups excluding carboxylic acids is 2. The minimum atomic E-state index is -0.357. The summed E-state index contributed by atoms with van der Waals surface area (Å²) in [6, 6.07) is 13.2. The summed E-state index contributed by atoms with van der Waals surface area (Å²) in [5, 5.41) is 12.2. The Kier molecular flexibility index (Phi) is 6.03. The van der Waals surface area contributed by atoms with Crippen LogP contribution in [0.15, 0.2) is 47.6 Å². The van der Waals surface area contributed by atoms with Gasteiger partial charge in [0, 0.05) is 24.7 Å². The van der Waals surface area contributed by atoms with Crippen molar-refractivity contribution in [1.29, 1.82) is 0 Å². The molecular formula is C22H23N5O3S. The van der Waals surface area contributed by atoms with E-state index in [0.29, 0.717) is 23.8 Å². The SMILES string of the molecule is COc1ccc(Cn2nnnc2SC(C)C(=O)c2ccc3c(c2)CCN3C(C)=O)cc1. The average Bonchev–Trinajstić information content (AvgIpc) is 3.40. The van der Waals surface area contributed by atoms with Gasteiger partial charge in [0.1, 0.15) is 5.75 Å². The Morgan fingerprint density at radius 3 is 2.68 bits per heavy atom. The summed E-state index contributed by atoms with van der Waals surface area (Å²) < 4.78 is 6.87. The van der Waals surface area contributed by atoms with Crippen LogP contribution in [0.1, 0.15) is 35.3 Å². The van der Waals surface area contributed by atoms with Crippen LogP contribution in [0.3, 0.4) is 0 Å². The molecule has 0 spiro atoms. The number of thioether (sulfide) groups is 1. The first-order valence-electron chi connectivity index (χ1n) is 9.97. The third-order valence-corrected chi connectivity index (χ3v) is 6.35. The van der Waals surface area contributed by atoms with Crippen LogP contribution in [0.2, 0.25) is 0 Å². The van der Waals surface area contributed by atoms with Crippen molar-refractivity contribution >= 4 is 29.1 Å². The van der Waals surface area contributed by atoms with E-state index in [1.165, 1.54) is 11.8 Å². The number of anilines is 1.